The maximum Gasteiger partial charge on any atom is 0.238 e. The number of hydrogen-bond acceptors (Lipinski definition) is 5. The third-order valence-corrected chi connectivity index (χ3v) is 5.82. The van der Waals surface area contributed by atoms with Crippen molar-refractivity contribution in [2.45, 2.75) is 18.7 Å². The number of benzene rings is 2. The summed E-state index contributed by atoms with van der Waals surface area (Å²) in [5, 5.41) is 0. The highest BCUT2D eigenvalue weighted by Crippen LogP contribution is 2.49. The topological polar surface area (TPSA) is 48.0 Å². The number of thioether (sulfide) groups is 1. The lowest BCUT2D eigenvalue weighted by molar-refractivity contribution is -0.116. The molecule has 5 nitrogen and oxygen atoms in total. The van der Waals surface area contributed by atoms with Gasteiger partial charge in [-0.15, -0.1) is 11.8 Å². The van der Waals surface area contributed by atoms with Crippen molar-refractivity contribution < 1.29 is 19.0 Å². The van der Waals surface area contributed by atoms with Crippen molar-refractivity contribution in [1.82, 2.24) is 0 Å². The van der Waals surface area contributed by atoms with E-state index in [2.05, 4.69) is 6.92 Å². The second-order valence-electron chi connectivity index (χ2n) is 6.00. The summed E-state index contributed by atoms with van der Waals surface area (Å²) < 4.78 is 16.5. The number of nitrogens with zero attached hydrogens (tertiary/aromatic N) is 1. The van der Waals surface area contributed by atoms with Crippen LogP contribution in [0.4, 0.5) is 5.69 Å². The number of fused-ring (bicyclic) bond motifs is 1. The monoisotopic (exact) mass is 357 g/mol. The first kappa shape index (κ1) is 16.1. The Morgan fingerprint density at radius 2 is 2.04 bits per heavy atom. The van der Waals surface area contributed by atoms with Crippen molar-refractivity contribution in [3.63, 3.8) is 0 Å². The molecule has 1 fully saturated rings. The lowest BCUT2D eigenvalue weighted by atomic mass is 10.0. The number of hydrogen-bond donors (Lipinski definition) is 0. The molecule has 1 amide bonds. The first-order valence-electron chi connectivity index (χ1n) is 8.22. The van der Waals surface area contributed by atoms with Gasteiger partial charge in [0.2, 0.25) is 12.7 Å². The second kappa shape index (κ2) is 6.19. The number of rotatable bonds is 4. The molecule has 2 aromatic carbocycles. The van der Waals surface area contributed by atoms with E-state index in [-0.39, 0.29) is 12.7 Å². The average molecular weight is 357 g/mol. The molecule has 1 atom stereocenters. The van der Waals surface area contributed by atoms with Gasteiger partial charge in [0.05, 0.1) is 12.4 Å². The standard InChI is InChI=1S/C19H19NO4S/c1-3-22-15-6-4-5-13(9-15)19(2)20(18(21)11-25-19)14-7-8-16-17(10-14)24-12-23-16/h4-10H,3,11-12H2,1-2H3. The minimum Gasteiger partial charge on any atom is -0.494 e. The molecule has 0 spiro atoms. The molecule has 2 aliphatic heterocycles. The highest BCUT2D eigenvalue weighted by atomic mass is 32.2. The van der Waals surface area contributed by atoms with Crippen LogP contribution in [-0.2, 0) is 9.67 Å². The molecule has 2 aromatic rings. The lowest BCUT2D eigenvalue weighted by Crippen LogP contribution is -2.40. The van der Waals surface area contributed by atoms with Crippen LogP contribution in [0.5, 0.6) is 17.2 Å². The van der Waals surface area contributed by atoms with Crippen LogP contribution in [0.1, 0.15) is 19.4 Å². The Hall–Kier alpha value is -2.34. The molecule has 0 saturated carbocycles. The van der Waals surface area contributed by atoms with Crippen LogP contribution in [-0.4, -0.2) is 25.1 Å². The average Bonchev–Trinajstić information content (AvgIpc) is 3.20. The molecular weight excluding hydrogens is 338 g/mol. The Labute approximate surface area is 150 Å². The van der Waals surface area contributed by atoms with Crippen molar-refractivity contribution in [3.05, 3.63) is 48.0 Å². The van der Waals surface area contributed by atoms with Crippen LogP contribution >= 0.6 is 11.8 Å². The highest BCUT2D eigenvalue weighted by molar-refractivity contribution is 8.01. The summed E-state index contributed by atoms with van der Waals surface area (Å²) >= 11 is 1.62. The number of anilines is 1. The first-order chi connectivity index (χ1) is 12.1. The normalized spacial score (nSPS) is 21.7. The summed E-state index contributed by atoms with van der Waals surface area (Å²) in [6.45, 7) is 4.85. The van der Waals surface area contributed by atoms with E-state index in [0.29, 0.717) is 23.9 Å². The predicted molar refractivity (Wildman–Crippen MR) is 97.5 cm³/mol. The number of ether oxygens (including phenoxy) is 3. The van der Waals surface area contributed by atoms with Gasteiger partial charge >= 0.3 is 0 Å². The smallest absolute Gasteiger partial charge is 0.238 e. The van der Waals surface area contributed by atoms with Gasteiger partial charge in [-0.05, 0) is 43.7 Å². The molecular formula is C19H19NO4S. The van der Waals surface area contributed by atoms with Crippen molar-refractivity contribution in [3.8, 4) is 17.2 Å². The molecule has 2 aliphatic rings. The van der Waals surface area contributed by atoms with E-state index >= 15 is 0 Å². The first-order valence-corrected chi connectivity index (χ1v) is 9.20. The highest BCUT2D eigenvalue weighted by Gasteiger charge is 2.45. The van der Waals surface area contributed by atoms with E-state index in [1.807, 2.05) is 54.3 Å². The fraction of sp³-hybridized carbons (Fsp3) is 0.316. The van der Waals surface area contributed by atoms with Gasteiger partial charge in [0.1, 0.15) is 10.6 Å². The van der Waals surface area contributed by atoms with E-state index in [9.17, 15) is 4.79 Å². The Morgan fingerprint density at radius 3 is 2.88 bits per heavy atom. The molecule has 0 N–H and O–H groups in total. The maximum atomic E-state index is 12.7. The van der Waals surface area contributed by atoms with Gasteiger partial charge < -0.3 is 14.2 Å². The molecule has 0 aliphatic carbocycles. The fourth-order valence-corrected chi connectivity index (χ4v) is 4.40. The fourth-order valence-electron chi connectivity index (χ4n) is 3.24. The zero-order valence-electron chi connectivity index (χ0n) is 14.2. The van der Waals surface area contributed by atoms with Crippen LogP contribution in [0.25, 0.3) is 0 Å². The van der Waals surface area contributed by atoms with Crippen LogP contribution in [0.2, 0.25) is 0 Å². The molecule has 1 saturated heterocycles. The van der Waals surface area contributed by atoms with Gasteiger partial charge in [0, 0.05) is 11.8 Å². The summed E-state index contributed by atoms with van der Waals surface area (Å²) in [5.74, 6) is 2.71. The molecule has 130 valence electrons. The Bertz CT molecular complexity index is 825. The van der Waals surface area contributed by atoms with E-state index in [0.717, 1.165) is 17.0 Å². The summed E-state index contributed by atoms with van der Waals surface area (Å²) in [6, 6.07) is 13.6. The third kappa shape index (κ3) is 2.70. The molecule has 6 heteroatoms. The lowest BCUT2D eigenvalue weighted by Gasteiger charge is -2.35. The summed E-state index contributed by atoms with van der Waals surface area (Å²) in [5.41, 5.74) is 1.84. The molecule has 1 unspecified atom stereocenters. The van der Waals surface area contributed by atoms with Crippen molar-refractivity contribution in [2.75, 3.05) is 24.1 Å². The molecule has 2 heterocycles. The van der Waals surface area contributed by atoms with Crippen molar-refractivity contribution in [1.29, 1.82) is 0 Å². The van der Waals surface area contributed by atoms with Gasteiger partial charge in [-0.25, -0.2) is 0 Å². The van der Waals surface area contributed by atoms with Crippen LogP contribution in [0.3, 0.4) is 0 Å². The molecule has 0 aromatic heterocycles. The Kier molecular flexibility index (Phi) is 4.00. The van der Waals surface area contributed by atoms with Gasteiger partial charge in [0.25, 0.3) is 0 Å². The Balaban J connectivity index is 1.75. The van der Waals surface area contributed by atoms with E-state index in [1.54, 1.807) is 11.8 Å². The number of amides is 1. The van der Waals surface area contributed by atoms with Crippen molar-refractivity contribution >= 4 is 23.4 Å². The van der Waals surface area contributed by atoms with Crippen molar-refractivity contribution in [2.24, 2.45) is 0 Å². The molecule has 0 bridgehead atoms. The molecule has 4 rings (SSSR count). The minimum absolute atomic E-state index is 0.0770. The summed E-state index contributed by atoms with van der Waals surface area (Å²) in [7, 11) is 0. The van der Waals surface area contributed by atoms with Crippen LogP contribution in [0.15, 0.2) is 42.5 Å². The second-order valence-corrected chi connectivity index (χ2v) is 7.37. The largest absolute Gasteiger partial charge is 0.494 e. The van der Waals surface area contributed by atoms with E-state index < -0.39 is 4.87 Å². The third-order valence-electron chi connectivity index (χ3n) is 4.45. The quantitative estimate of drug-likeness (QED) is 0.834. The zero-order valence-corrected chi connectivity index (χ0v) is 15.0. The zero-order chi connectivity index (χ0) is 17.4. The predicted octanol–water partition coefficient (Wildman–Crippen LogP) is 3.77. The minimum atomic E-state index is -0.502. The Morgan fingerprint density at radius 1 is 1.20 bits per heavy atom. The summed E-state index contributed by atoms with van der Waals surface area (Å²) in [4.78, 5) is 14.0. The van der Waals surface area contributed by atoms with Gasteiger partial charge in [0.15, 0.2) is 11.5 Å². The molecule has 25 heavy (non-hydrogen) atoms. The van der Waals surface area contributed by atoms with Gasteiger partial charge in [-0.1, -0.05) is 12.1 Å². The van der Waals surface area contributed by atoms with Gasteiger partial charge in [-0.3, -0.25) is 9.69 Å². The number of carbonyl (C=O) groups excluding carboxylic acids is 1. The molecule has 0 radical (unpaired) electrons. The van der Waals surface area contributed by atoms with E-state index in [1.165, 1.54) is 0 Å². The van der Waals surface area contributed by atoms with Crippen LogP contribution < -0.4 is 19.1 Å². The summed E-state index contributed by atoms with van der Waals surface area (Å²) in [6.07, 6.45) is 0. The van der Waals surface area contributed by atoms with Crippen LogP contribution in [0, 0.1) is 0 Å². The van der Waals surface area contributed by atoms with E-state index in [4.69, 9.17) is 14.2 Å². The van der Waals surface area contributed by atoms with Gasteiger partial charge in [-0.2, -0.15) is 0 Å². The maximum absolute atomic E-state index is 12.7. The SMILES string of the molecule is CCOc1cccc(C2(C)SCC(=O)N2c2ccc3c(c2)OCO3)c1. The number of carbonyl (C=O) groups is 1.